The van der Waals surface area contributed by atoms with Crippen LogP contribution in [0.15, 0.2) is 0 Å². The molecule has 3 heteroatoms. The van der Waals surface area contributed by atoms with Crippen molar-refractivity contribution in [2.45, 2.75) is 58.8 Å². The molecule has 3 nitrogen and oxygen atoms in total. The standard InChI is InChI=1S/C15H25N3/c1-4-13-12(9-10-16-6-3)14(5-2)18-15(17-13)11-7-8-11/h11,16H,4-10H2,1-3H3. The van der Waals surface area contributed by atoms with E-state index in [1.165, 1.54) is 29.8 Å². The van der Waals surface area contributed by atoms with Gasteiger partial charge in [-0.25, -0.2) is 9.97 Å². The van der Waals surface area contributed by atoms with Crippen LogP contribution >= 0.6 is 0 Å². The monoisotopic (exact) mass is 247 g/mol. The van der Waals surface area contributed by atoms with Crippen molar-refractivity contribution in [3.05, 3.63) is 22.8 Å². The van der Waals surface area contributed by atoms with Gasteiger partial charge in [-0.3, -0.25) is 0 Å². The molecule has 1 aliphatic carbocycles. The van der Waals surface area contributed by atoms with Gasteiger partial charge in [-0.15, -0.1) is 0 Å². The molecule has 1 saturated carbocycles. The molecule has 0 amide bonds. The molecule has 1 fully saturated rings. The maximum Gasteiger partial charge on any atom is 0.131 e. The number of aryl methyl sites for hydroxylation is 2. The van der Waals surface area contributed by atoms with Crippen molar-refractivity contribution in [3.63, 3.8) is 0 Å². The summed E-state index contributed by atoms with van der Waals surface area (Å²) in [5, 5.41) is 3.39. The summed E-state index contributed by atoms with van der Waals surface area (Å²) in [4.78, 5) is 9.60. The van der Waals surface area contributed by atoms with E-state index in [4.69, 9.17) is 9.97 Å². The van der Waals surface area contributed by atoms with Gasteiger partial charge in [-0.05, 0) is 50.8 Å². The minimum Gasteiger partial charge on any atom is -0.317 e. The maximum atomic E-state index is 4.80. The molecule has 0 radical (unpaired) electrons. The first-order valence-electron chi connectivity index (χ1n) is 7.39. The van der Waals surface area contributed by atoms with Crippen LogP contribution in [0.3, 0.4) is 0 Å². The molecule has 0 saturated heterocycles. The largest absolute Gasteiger partial charge is 0.317 e. The molecular weight excluding hydrogens is 222 g/mol. The van der Waals surface area contributed by atoms with Gasteiger partial charge < -0.3 is 5.32 Å². The molecular formula is C15H25N3. The second-order valence-electron chi connectivity index (χ2n) is 5.04. The fraction of sp³-hybridized carbons (Fsp3) is 0.733. The van der Waals surface area contributed by atoms with E-state index >= 15 is 0 Å². The predicted molar refractivity (Wildman–Crippen MR) is 75.0 cm³/mol. The summed E-state index contributed by atoms with van der Waals surface area (Å²) in [6, 6.07) is 0. The summed E-state index contributed by atoms with van der Waals surface area (Å²) in [6.45, 7) is 8.62. The van der Waals surface area contributed by atoms with Crippen LogP contribution in [-0.4, -0.2) is 23.1 Å². The number of hydrogen-bond acceptors (Lipinski definition) is 3. The fourth-order valence-electron chi connectivity index (χ4n) is 2.39. The minimum absolute atomic E-state index is 0.656. The lowest BCUT2D eigenvalue weighted by molar-refractivity contribution is 0.696. The highest BCUT2D eigenvalue weighted by Crippen LogP contribution is 2.38. The lowest BCUT2D eigenvalue weighted by Gasteiger charge is -2.14. The van der Waals surface area contributed by atoms with Crippen molar-refractivity contribution in [3.8, 4) is 0 Å². The molecule has 2 rings (SSSR count). The molecule has 100 valence electrons. The van der Waals surface area contributed by atoms with E-state index < -0.39 is 0 Å². The van der Waals surface area contributed by atoms with Crippen molar-refractivity contribution in [1.82, 2.24) is 15.3 Å². The predicted octanol–water partition coefficient (Wildman–Crippen LogP) is 2.63. The van der Waals surface area contributed by atoms with Crippen LogP contribution in [0.5, 0.6) is 0 Å². The van der Waals surface area contributed by atoms with E-state index in [0.29, 0.717) is 5.92 Å². The van der Waals surface area contributed by atoms with E-state index in [0.717, 1.165) is 38.2 Å². The molecule has 1 aliphatic rings. The van der Waals surface area contributed by atoms with Gasteiger partial charge in [0.1, 0.15) is 5.82 Å². The zero-order chi connectivity index (χ0) is 13.0. The van der Waals surface area contributed by atoms with Crippen molar-refractivity contribution in [2.75, 3.05) is 13.1 Å². The molecule has 18 heavy (non-hydrogen) atoms. The van der Waals surface area contributed by atoms with E-state index in [-0.39, 0.29) is 0 Å². The molecule has 1 heterocycles. The summed E-state index contributed by atoms with van der Waals surface area (Å²) in [7, 11) is 0. The quantitative estimate of drug-likeness (QED) is 0.753. The molecule has 1 N–H and O–H groups in total. The Balaban J connectivity index is 2.23. The van der Waals surface area contributed by atoms with Gasteiger partial charge in [0.05, 0.1) is 0 Å². The average Bonchev–Trinajstić information content (AvgIpc) is 3.23. The molecule has 0 aliphatic heterocycles. The Morgan fingerprint density at radius 3 is 2.11 bits per heavy atom. The highest BCUT2D eigenvalue weighted by molar-refractivity contribution is 5.28. The van der Waals surface area contributed by atoms with Crippen LogP contribution in [0, 0.1) is 0 Å². The molecule has 1 aromatic heterocycles. The highest BCUT2D eigenvalue weighted by Gasteiger charge is 2.28. The first kappa shape index (κ1) is 13.5. The fourth-order valence-corrected chi connectivity index (χ4v) is 2.39. The number of aromatic nitrogens is 2. The summed E-state index contributed by atoms with van der Waals surface area (Å²) < 4.78 is 0. The van der Waals surface area contributed by atoms with Crippen LogP contribution in [-0.2, 0) is 19.3 Å². The number of likely N-dealkylation sites (N-methyl/N-ethyl adjacent to an activating group) is 1. The SMILES string of the molecule is CCNCCc1c(CC)nc(C2CC2)nc1CC. The summed E-state index contributed by atoms with van der Waals surface area (Å²) >= 11 is 0. The second kappa shape index (κ2) is 6.28. The third kappa shape index (κ3) is 3.08. The highest BCUT2D eigenvalue weighted by atomic mass is 14.9. The molecule has 0 aromatic carbocycles. The Labute approximate surface area is 110 Å². The maximum absolute atomic E-state index is 4.80. The average molecular weight is 247 g/mol. The third-order valence-electron chi connectivity index (χ3n) is 3.61. The minimum atomic E-state index is 0.656. The number of rotatable bonds is 7. The lowest BCUT2D eigenvalue weighted by atomic mass is 10.0. The Morgan fingerprint density at radius 2 is 1.67 bits per heavy atom. The Kier molecular flexibility index (Phi) is 4.70. The molecule has 1 aromatic rings. The number of nitrogens with one attached hydrogen (secondary N) is 1. The summed E-state index contributed by atoms with van der Waals surface area (Å²) in [5.41, 5.74) is 3.95. The van der Waals surface area contributed by atoms with Gasteiger partial charge in [0.25, 0.3) is 0 Å². The van der Waals surface area contributed by atoms with Crippen LogP contribution in [0.1, 0.15) is 62.3 Å². The van der Waals surface area contributed by atoms with E-state index in [1.807, 2.05) is 0 Å². The van der Waals surface area contributed by atoms with Crippen molar-refractivity contribution >= 4 is 0 Å². The molecule has 0 spiro atoms. The zero-order valence-corrected chi connectivity index (χ0v) is 11.9. The lowest BCUT2D eigenvalue weighted by Crippen LogP contribution is -2.19. The van der Waals surface area contributed by atoms with Gasteiger partial charge in [-0.1, -0.05) is 20.8 Å². The molecule has 0 bridgehead atoms. The van der Waals surface area contributed by atoms with E-state index in [9.17, 15) is 0 Å². The molecule has 0 atom stereocenters. The Hall–Kier alpha value is -0.960. The molecule has 0 unspecified atom stereocenters. The van der Waals surface area contributed by atoms with Crippen LogP contribution in [0.4, 0.5) is 0 Å². The summed E-state index contributed by atoms with van der Waals surface area (Å²) in [5.74, 6) is 1.76. The van der Waals surface area contributed by atoms with Gasteiger partial charge in [0.15, 0.2) is 0 Å². The summed E-state index contributed by atoms with van der Waals surface area (Å²) in [6.07, 6.45) is 5.67. The smallest absolute Gasteiger partial charge is 0.131 e. The first-order valence-corrected chi connectivity index (χ1v) is 7.39. The van der Waals surface area contributed by atoms with Crippen LogP contribution in [0.25, 0.3) is 0 Å². The first-order chi connectivity index (χ1) is 8.80. The van der Waals surface area contributed by atoms with Crippen molar-refractivity contribution in [2.24, 2.45) is 0 Å². The topological polar surface area (TPSA) is 37.8 Å². The number of hydrogen-bond donors (Lipinski definition) is 1. The van der Waals surface area contributed by atoms with E-state index in [2.05, 4.69) is 26.1 Å². The zero-order valence-electron chi connectivity index (χ0n) is 11.9. The van der Waals surface area contributed by atoms with Gasteiger partial charge >= 0.3 is 0 Å². The normalized spacial score (nSPS) is 15.1. The Bertz CT molecular complexity index is 372. The van der Waals surface area contributed by atoms with E-state index in [1.54, 1.807) is 0 Å². The van der Waals surface area contributed by atoms with Crippen LogP contribution in [0.2, 0.25) is 0 Å². The van der Waals surface area contributed by atoms with Crippen molar-refractivity contribution < 1.29 is 0 Å². The van der Waals surface area contributed by atoms with Gasteiger partial charge in [0.2, 0.25) is 0 Å². The van der Waals surface area contributed by atoms with Gasteiger partial charge in [-0.2, -0.15) is 0 Å². The van der Waals surface area contributed by atoms with Crippen LogP contribution < -0.4 is 5.32 Å². The number of nitrogens with zero attached hydrogens (tertiary/aromatic N) is 2. The van der Waals surface area contributed by atoms with Crippen molar-refractivity contribution in [1.29, 1.82) is 0 Å². The Morgan fingerprint density at radius 1 is 1.06 bits per heavy atom. The second-order valence-corrected chi connectivity index (χ2v) is 5.04. The van der Waals surface area contributed by atoms with Gasteiger partial charge in [0, 0.05) is 17.3 Å². The third-order valence-corrected chi connectivity index (χ3v) is 3.61.